The van der Waals surface area contributed by atoms with E-state index in [2.05, 4.69) is 4.90 Å². The number of hydrogen-bond acceptors (Lipinski definition) is 4. The molecule has 1 aromatic rings. The molecule has 17 heavy (non-hydrogen) atoms. The van der Waals surface area contributed by atoms with Gasteiger partial charge in [-0.3, -0.25) is 4.90 Å². The van der Waals surface area contributed by atoms with Crippen LogP contribution in [0.3, 0.4) is 0 Å². The first-order valence-corrected chi connectivity index (χ1v) is 6.02. The van der Waals surface area contributed by atoms with Crippen LogP contribution in [0.15, 0.2) is 18.2 Å². The Morgan fingerprint density at radius 2 is 2.18 bits per heavy atom. The molecule has 1 aliphatic heterocycles. The van der Waals surface area contributed by atoms with Gasteiger partial charge in [-0.25, -0.2) is 0 Å². The summed E-state index contributed by atoms with van der Waals surface area (Å²) in [5.74, 6) is 0.180. The highest BCUT2D eigenvalue weighted by Crippen LogP contribution is 2.34. The average molecular weight is 237 g/mol. The Morgan fingerprint density at radius 3 is 2.82 bits per heavy atom. The van der Waals surface area contributed by atoms with Crippen LogP contribution >= 0.6 is 0 Å². The lowest BCUT2D eigenvalue weighted by Gasteiger charge is -2.30. The van der Waals surface area contributed by atoms with Crippen LogP contribution in [0.4, 0.5) is 0 Å². The van der Waals surface area contributed by atoms with Gasteiger partial charge in [0.1, 0.15) is 11.5 Å². The van der Waals surface area contributed by atoms with Crippen molar-refractivity contribution in [3.63, 3.8) is 0 Å². The molecule has 0 aromatic heterocycles. The summed E-state index contributed by atoms with van der Waals surface area (Å²) in [5.41, 5.74) is 0.795. The van der Waals surface area contributed by atoms with Crippen LogP contribution in [-0.4, -0.2) is 39.4 Å². The molecule has 0 amide bonds. The van der Waals surface area contributed by atoms with E-state index >= 15 is 0 Å². The van der Waals surface area contributed by atoms with Crippen LogP contribution < -0.4 is 0 Å². The van der Waals surface area contributed by atoms with Crippen molar-refractivity contribution in [2.75, 3.05) is 13.2 Å². The van der Waals surface area contributed by atoms with Crippen LogP contribution in [0.5, 0.6) is 11.5 Å². The summed E-state index contributed by atoms with van der Waals surface area (Å²) in [6, 6.07) is 4.90. The molecule has 1 unspecified atom stereocenters. The molecule has 0 aliphatic carbocycles. The molecule has 1 aliphatic rings. The summed E-state index contributed by atoms with van der Waals surface area (Å²) in [7, 11) is 0. The number of phenolic OH excluding ortho intramolecular Hbond substituents is 2. The van der Waals surface area contributed by atoms with Crippen molar-refractivity contribution in [1.29, 1.82) is 0 Å². The molecule has 0 radical (unpaired) electrons. The highest BCUT2D eigenvalue weighted by molar-refractivity contribution is 5.40. The molecule has 1 heterocycles. The van der Waals surface area contributed by atoms with Crippen LogP contribution in [0.2, 0.25) is 0 Å². The molecule has 94 valence electrons. The maximum Gasteiger partial charge on any atom is 0.124 e. The Hall–Kier alpha value is -1.26. The standard InChI is InChI=1S/C13H19NO3/c1-9(14-6-2-3-10(14)8-15)12-5-4-11(16)7-13(12)17/h4-5,7,9-10,15-17H,2-3,6,8H2,1H3/t9?,10-/m0/s1. The average Bonchev–Trinajstić information content (AvgIpc) is 2.76. The van der Waals surface area contributed by atoms with Gasteiger partial charge in [0, 0.05) is 23.7 Å². The highest BCUT2D eigenvalue weighted by Gasteiger charge is 2.29. The van der Waals surface area contributed by atoms with Crippen molar-refractivity contribution in [2.45, 2.75) is 31.8 Å². The fraction of sp³-hybridized carbons (Fsp3) is 0.538. The maximum absolute atomic E-state index is 9.83. The Kier molecular flexibility index (Phi) is 3.54. The second-order valence-corrected chi connectivity index (χ2v) is 4.64. The lowest BCUT2D eigenvalue weighted by atomic mass is 10.0. The van der Waals surface area contributed by atoms with Gasteiger partial charge < -0.3 is 15.3 Å². The van der Waals surface area contributed by atoms with Crippen molar-refractivity contribution in [1.82, 2.24) is 4.90 Å². The van der Waals surface area contributed by atoms with Gasteiger partial charge in [0.15, 0.2) is 0 Å². The number of aliphatic hydroxyl groups excluding tert-OH is 1. The zero-order valence-corrected chi connectivity index (χ0v) is 10.0. The molecule has 4 nitrogen and oxygen atoms in total. The summed E-state index contributed by atoms with van der Waals surface area (Å²) in [5, 5.41) is 28.4. The normalized spacial score (nSPS) is 22.8. The van der Waals surface area contributed by atoms with Crippen LogP contribution in [-0.2, 0) is 0 Å². The second-order valence-electron chi connectivity index (χ2n) is 4.64. The largest absolute Gasteiger partial charge is 0.508 e. The third-order valence-electron chi connectivity index (χ3n) is 3.60. The van der Waals surface area contributed by atoms with Crippen molar-refractivity contribution < 1.29 is 15.3 Å². The molecule has 1 saturated heterocycles. The topological polar surface area (TPSA) is 63.9 Å². The van der Waals surface area contributed by atoms with Gasteiger partial charge in [-0.1, -0.05) is 6.07 Å². The third-order valence-corrected chi connectivity index (χ3v) is 3.60. The Labute approximate surface area is 101 Å². The Bertz CT molecular complexity index is 394. The number of hydrogen-bond donors (Lipinski definition) is 3. The number of aliphatic hydroxyl groups is 1. The van der Waals surface area contributed by atoms with Crippen molar-refractivity contribution in [3.05, 3.63) is 23.8 Å². The quantitative estimate of drug-likeness (QED) is 0.747. The maximum atomic E-state index is 9.83. The van der Waals surface area contributed by atoms with E-state index in [4.69, 9.17) is 0 Å². The monoisotopic (exact) mass is 237 g/mol. The summed E-state index contributed by atoms with van der Waals surface area (Å²) in [6.07, 6.45) is 2.08. The van der Waals surface area contributed by atoms with Gasteiger partial charge in [-0.2, -0.15) is 0 Å². The minimum Gasteiger partial charge on any atom is -0.508 e. The molecule has 3 N–H and O–H groups in total. The number of benzene rings is 1. The Balaban J connectivity index is 2.21. The first-order chi connectivity index (χ1) is 8.13. The van der Waals surface area contributed by atoms with Crippen LogP contribution in [0.1, 0.15) is 31.4 Å². The van der Waals surface area contributed by atoms with Gasteiger partial charge in [0.25, 0.3) is 0 Å². The smallest absolute Gasteiger partial charge is 0.124 e. The molecule has 4 heteroatoms. The summed E-state index contributed by atoms with van der Waals surface area (Å²) >= 11 is 0. The SMILES string of the molecule is CC(c1ccc(O)cc1O)N1CCC[C@H]1CO. The van der Waals surface area contributed by atoms with E-state index in [0.29, 0.717) is 0 Å². The summed E-state index contributed by atoms with van der Waals surface area (Å²) in [4.78, 5) is 2.20. The summed E-state index contributed by atoms with van der Waals surface area (Å²) < 4.78 is 0. The number of phenols is 2. The van der Waals surface area contributed by atoms with E-state index in [1.807, 2.05) is 6.92 Å². The minimum atomic E-state index is 0.0512. The zero-order chi connectivity index (χ0) is 12.4. The van der Waals surface area contributed by atoms with Crippen LogP contribution in [0.25, 0.3) is 0 Å². The fourth-order valence-electron chi connectivity index (χ4n) is 2.63. The lowest BCUT2D eigenvalue weighted by molar-refractivity contribution is 0.125. The molecular formula is C13H19NO3. The van der Waals surface area contributed by atoms with E-state index in [0.717, 1.165) is 24.9 Å². The van der Waals surface area contributed by atoms with Crippen LogP contribution in [0, 0.1) is 0 Å². The number of rotatable bonds is 3. The molecule has 1 fully saturated rings. The molecular weight excluding hydrogens is 218 g/mol. The minimum absolute atomic E-state index is 0.0512. The van der Waals surface area contributed by atoms with Crippen molar-refractivity contribution in [2.24, 2.45) is 0 Å². The first-order valence-electron chi connectivity index (χ1n) is 6.02. The van der Waals surface area contributed by atoms with E-state index < -0.39 is 0 Å². The van der Waals surface area contributed by atoms with E-state index in [1.165, 1.54) is 6.07 Å². The molecule has 0 spiro atoms. The predicted molar refractivity (Wildman–Crippen MR) is 65.0 cm³/mol. The van der Waals surface area contributed by atoms with Gasteiger partial charge in [0.2, 0.25) is 0 Å². The Morgan fingerprint density at radius 1 is 1.41 bits per heavy atom. The van der Waals surface area contributed by atoms with Gasteiger partial charge in [-0.15, -0.1) is 0 Å². The molecule has 1 aromatic carbocycles. The molecule has 0 bridgehead atoms. The van der Waals surface area contributed by atoms with Gasteiger partial charge in [-0.05, 0) is 32.4 Å². The first kappa shape index (κ1) is 12.2. The predicted octanol–water partition coefficient (Wildman–Crippen LogP) is 1.62. The van der Waals surface area contributed by atoms with Gasteiger partial charge in [0.05, 0.1) is 6.61 Å². The number of likely N-dealkylation sites (tertiary alicyclic amines) is 1. The van der Waals surface area contributed by atoms with E-state index in [9.17, 15) is 15.3 Å². The summed E-state index contributed by atoms with van der Waals surface area (Å²) in [6.45, 7) is 3.11. The highest BCUT2D eigenvalue weighted by atomic mass is 16.3. The van der Waals surface area contributed by atoms with Gasteiger partial charge >= 0.3 is 0 Å². The van der Waals surface area contributed by atoms with Crippen molar-refractivity contribution in [3.8, 4) is 11.5 Å². The zero-order valence-electron chi connectivity index (χ0n) is 10.0. The second kappa shape index (κ2) is 4.94. The number of nitrogens with zero attached hydrogens (tertiary/aromatic N) is 1. The lowest BCUT2D eigenvalue weighted by Crippen LogP contribution is -2.34. The molecule has 0 saturated carbocycles. The third kappa shape index (κ3) is 2.37. The molecule has 2 atom stereocenters. The molecule has 2 rings (SSSR count). The van der Waals surface area contributed by atoms with E-state index in [1.54, 1.807) is 12.1 Å². The van der Waals surface area contributed by atoms with Crippen molar-refractivity contribution >= 4 is 0 Å². The fourth-order valence-corrected chi connectivity index (χ4v) is 2.63. The van der Waals surface area contributed by atoms with E-state index in [-0.39, 0.29) is 30.2 Å². The number of aromatic hydroxyl groups is 2.